The van der Waals surface area contributed by atoms with Crippen molar-refractivity contribution in [1.29, 1.82) is 0 Å². The molecule has 0 bridgehead atoms. The van der Waals surface area contributed by atoms with Crippen LogP contribution < -0.4 is 0 Å². The van der Waals surface area contributed by atoms with Crippen LogP contribution in [0.25, 0.3) is 0 Å². The van der Waals surface area contributed by atoms with E-state index in [1.807, 2.05) is 0 Å². The molecule has 0 spiro atoms. The standard InChI is InChI=1S/C26H34O3/c1-4-6-21-8-10-22(11-9-21)12-14-24-15-13-23(7-5-17-27)19-25(24)16-18-29-26(28)20(2)3/h8-11,13,15,19,27H,2,4-7,12,14,16-18H2,1,3H3. The molecule has 0 unspecified atom stereocenters. The van der Waals surface area contributed by atoms with E-state index in [4.69, 9.17) is 9.84 Å². The second-order valence-electron chi connectivity index (χ2n) is 7.66. The number of esters is 1. The van der Waals surface area contributed by atoms with Crippen LogP contribution in [0.1, 0.15) is 54.5 Å². The smallest absolute Gasteiger partial charge is 0.333 e. The van der Waals surface area contributed by atoms with Gasteiger partial charge in [-0.25, -0.2) is 4.79 Å². The molecule has 0 saturated carbocycles. The van der Waals surface area contributed by atoms with Crippen molar-refractivity contribution >= 4 is 5.97 Å². The third-order valence-electron chi connectivity index (χ3n) is 5.09. The fourth-order valence-electron chi connectivity index (χ4n) is 3.41. The molecular formula is C26H34O3. The maximum Gasteiger partial charge on any atom is 0.333 e. The summed E-state index contributed by atoms with van der Waals surface area (Å²) in [7, 11) is 0. The van der Waals surface area contributed by atoms with Crippen molar-refractivity contribution in [3.05, 3.63) is 82.4 Å². The third-order valence-corrected chi connectivity index (χ3v) is 5.09. The van der Waals surface area contributed by atoms with Gasteiger partial charge in [0.05, 0.1) is 6.61 Å². The molecule has 0 heterocycles. The van der Waals surface area contributed by atoms with E-state index in [9.17, 15) is 4.79 Å². The fourth-order valence-corrected chi connectivity index (χ4v) is 3.41. The van der Waals surface area contributed by atoms with Crippen LogP contribution >= 0.6 is 0 Å². The van der Waals surface area contributed by atoms with Crippen LogP contribution in [0.5, 0.6) is 0 Å². The zero-order valence-electron chi connectivity index (χ0n) is 17.9. The normalized spacial score (nSPS) is 10.7. The zero-order chi connectivity index (χ0) is 21.1. The van der Waals surface area contributed by atoms with Crippen molar-refractivity contribution in [2.45, 2.75) is 58.8 Å². The van der Waals surface area contributed by atoms with E-state index in [1.165, 1.54) is 34.2 Å². The monoisotopic (exact) mass is 394 g/mol. The van der Waals surface area contributed by atoms with E-state index in [2.05, 4.69) is 56.0 Å². The van der Waals surface area contributed by atoms with Crippen molar-refractivity contribution in [2.24, 2.45) is 0 Å². The Hall–Kier alpha value is -2.39. The molecule has 2 rings (SSSR count). The van der Waals surface area contributed by atoms with Gasteiger partial charge in [-0.3, -0.25) is 0 Å². The third kappa shape index (κ3) is 7.86. The minimum atomic E-state index is -0.338. The highest BCUT2D eigenvalue weighted by atomic mass is 16.5. The molecule has 0 atom stereocenters. The minimum Gasteiger partial charge on any atom is -0.462 e. The molecule has 0 fully saturated rings. The lowest BCUT2D eigenvalue weighted by atomic mass is 9.94. The van der Waals surface area contributed by atoms with Crippen LogP contribution in [0.2, 0.25) is 0 Å². The summed E-state index contributed by atoms with van der Waals surface area (Å²) in [6, 6.07) is 15.5. The first-order chi connectivity index (χ1) is 14.0. The average molecular weight is 395 g/mol. The first kappa shape index (κ1) is 22.9. The summed E-state index contributed by atoms with van der Waals surface area (Å²) in [5.74, 6) is -0.338. The van der Waals surface area contributed by atoms with Gasteiger partial charge in [0.2, 0.25) is 0 Å². The minimum absolute atomic E-state index is 0.196. The molecular weight excluding hydrogens is 360 g/mol. The van der Waals surface area contributed by atoms with Crippen LogP contribution in [0.4, 0.5) is 0 Å². The lowest BCUT2D eigenvalue weighted by Crippen LogP contribution is -2.09. The van der Waals surface area contributed by atoms with Crippen LogP contribution in [-0.2, 0) is 41.6 Å². The van der Waals surface area contributed by atoms with Crippen molar-refractivity contribution in [3.63, 3.8) is 0 Å². The molecule has 0 radical (unpaired) electrons. The van der Waals surface area contributed by atoms with Crippen LogP contribution in [0.3, 0.4) is 0 Å². The first-order valence-corrected chi connectivity index (χ1v) is 10.7. The van der Waals surface area contributed by atoms with Crippen LogP contribution in [0, 0.1) is 0 Å². The van der Waals surface area contributed by atoms with E-state index in [-0.39, 0.29) is 12.6 Å². The zero-order valence-corrected chi connectivity index (χ0v) is 17.9. The molecule has 29 heavy (non-hydrogen) atoms. The van der Waals surface area contributed by atoms with E-state index >= 15 is 0 Å². The number of carbonyl (C=O) groups excluding carboxylic acids is 1. The van der Waals surface area contributed by atoms with Gasteiger partial charge in [-0.15, -0.1) is 0 Å². The van der Waals surface area contributed by atoms with E-state index < -0.39 is 0 Å². The van der Waals surface area contributed by atoms with Crippen molar-refractivity contribution < 1.29 is 14.6 Å². The summed E-state index contributed by atoms with van der Waals surface area (Å²) in [5, 5.41) is 9.10. The number of aryl methyl sites for hydroxylation is 4. The predicted molar refractivity (Wildman–Crippen MR) is 119 cm³/mol. The Labute approximate surface area is 175 Å². The Morgan fingerprint density at radius 1 is 0.897 bits per heavy atom. The highest BCUT2D eigenvalue weighted by molar-refractivity contribution is 5.86. The molecule has 3 nitrogen and oxygen atoms in total. The number of hydrogen-bond acceptors (Lipinski definition) is 3. The molecule has 1 N–H and O–H groups in total. The lowest BCUT2D eigenvalue weighted by molar-refractivity contribution is -0.138. The Bertz CT molecular complexity index is 790. The molecule has 2 aromatic carbocycles. The SMILES string of the molecule is C=C(C)C(=O)OCCc1cc(CCCO)ccc1CCc1ccc(CCC)cc1. The number of carbonyl (C=O) groups is 1. The van der Waals surface area contributed by atoms with Crippen LogP contribution in [-0.4, -0.2) is 24.3 Å². The van der Waals surface area contributed by atoms with Gasteiger partial charge in [0.15, 0.2) is 0 Å². The number of hydrogen-bond donors (Lipinski definition) is 1. The molecule has 156 valence electrons. The second kappa shape index (κ2) is 12.2. The molecule has 0 aliphatic carbocycles. The van der Waals surface area contributed by atoms with Gasteiger partial charge in [-0.2, -0.15) is 0 Å². The van der Waals surface area contributed by atoms with Crippen molar-refractivity contribution in [1.82, 2.24) is 0 Å². The topological polar surface area (TPSA) is 46.5 Å². The molecule has 3 heteroatoms. The Kier molecular flexibility index (Phi) is 9.66. The molecule has 0 amide bonds. The number of ether oxygens (including phenoxy) is 1. The van der Waals surface area contributed by atoms with Gasteiger partial charge in [-0.1, -0.05) is 62.4 Å². The first-order valence-electron chi connectivity index (χ1n) is 10.7. The maximum absolute atomic E-state index is 11.7. The number of aliphatic hydroxyl groups is 1. The lowest BCUT2D eigenvalue weighted by Gasteiger charge is -2.13. The fraction of sp³-hybridized carbons (Fsp3) is 0.423. The quantitative estimate of drug-likeness (QED) is 0.406. The summed E-state index contributed by atoms with van der Waals surface area (Å²) in [4.78, 5) is 11.7. The number of benzene rings is 2. The maximum atomic E-state index is 11.7. The van der Waals surface area contributed by atoms with Crippen molar-refractivity contribution in [3.8, 4) is 0 Å². The van der Waals surface area contributed by atoms with Gasteiger partial charge >= 0.3 is 5.97 Å². The second-order valence-corrected chi connectivity index (χ2v) is 7.66. The summed E-state index contributed by atoms with van der Waals surface area (Å²) < 4.78 is 5.30. The average Bonchev–Trinajstić information content (AvgIpc) is 2.72. The highest BCUT2D eigenvalue weighted by Gasteiger charge is 2.08. The van der Waals surface area contributed by atoms with Gasteiger partial charge < -0.3 is 9.84 Å². The largest absolute Gasteiger partial charge is 0.462 e. The summed E-state index contributed by atoms with van der Waals surface area (Å²) in [5.41, 5.74) is 6.89. The van der Waals surface area contributed by atoms with Gasteiger partial charge in [-0.05, 0) is 66.8 Å². The van der Waals surface area contributed by atoms with E-state index in [0.717, 1.165) is 32.1 Å². The summed E-state index contributed by atoms with van der Waals surface area (Å²) >= 11 is 0. The predicted octanol–water partition coefficient (Wildman–Crippen LogP) is 5.01. The van der Waals surface area contributed by atoms with Gasteiger partial charge in [0.1, 0.15) is 0 Å². The van der Waals surface area contributed by atoms with E-state index in [1.54, 1.807) is 6.92 Å². The Morgan fingerprint density at radius 2 is 1.55 bits per heavy atom. The highest BCUT2D eigenvalue weighted by Crippen LogP contribution is 2.18. The molecule has 2 aromatic rings. The molecule has 0 saturated heterocycles. The van der Waals surface area contributed by atoms with Crippen molar-refractivity contribution in [2.75, 3.05) is 13.2 Å². The van der Waals surface area contributed by atoms with Crippen LogP contribution in [0.15, 0.2) is 54.6 Å². The van der Waals surface area contributed by atoms with Gasteiger partial charge in [0, 0.05) is 18.6 Å². The van der Waals surface area contributed by atoms with E-state index in [0.29, 0.717) is 18.6 Å². The Balaban J connectivity index is 2.05. The summed E-state index contributed by atoms with van der Waals surface area (Å²) in [6.45, 7) is 8.04. The molecule has 0 aliphatic rings. The number of rotatable bonds is 12. The Morgan fingerprint density at radius 3 is 2.17 bits per heavy atom. The summed E-state index contributed by atoms with van der Waals surface area (Å²) in [6.07, 6.45) is 6.54. The molecule has 0 aliphatic heterocycles. The van der Waals surface area contributed by atoms with Gasteiger partial charge in [0.25, 0.3) is 0 Å². The molecule has 0 aromatic heterocycles. The number of aliphatic hydroxyl groups excluding tert-OH is 1.